The van der Waals surface area contributed by atoms with Crippen LogP contribution < -0.4 is 16.4 Å². The molecule has 0 aliphatic rings. The maximum absolute atomic E-state index is 12.8. The molecule has 6 N–H and O–H groups in total. The van der Waals surface area contributed by atoms with Crippen molar-refractivity contribution in [3.63, 3.8) is 0 Å². The number of nitrogens with one attached hydrogen (secondary N) is 2. The number of aliphatic carboxylic acids is 1. The highest BCUT2D eigenvalue weighted by Crippen LogP contribution is 2.19. The average molecular weight is 394 g/mol. The topological polar surface area (TPSA) is 147 Å². The van der Waals surface area contributed by atoms with Crippen molar-refractivity contribution in [3.8, 4) is 0 Å². The minimum atomic E-state index is -1.23. The lowest BCUT2D eigenvalue weighted by molar-refractivity contribution is -0.145. The van der Waals surface area contributed by atoms with E-state index < -0.39 is 18.2 Å². The SMILES string of the molecule is CC(O)C(=O)O.CCOC(=O)Nc1ccc(NCc2ccc(F)cc2)nc1N. The number of carboxylic acids is 1. The fraction of sp³-hybridized carbons (Fsp3) is 0.278. The molecule has 0 aliphatic carbocycles. The molecule has 0 fully saturated rings. The number of nitrogen functional groups attached to an aromatic ring is 1. The molecule has 10 heteroatoms. The van der Waals surface area contributed by atoms with Crippen LogP contribution in [0.4, 0.5) is 26.5 Å². The quantitative estimate of drug-likeness (QED) is 0.502. The molecule has 1 unspecified atom stereocenters. The summed E-state index contributed by atoms with van der Waals surface area (Å²) in [6.45, 7) is 3.67. The van der Waals surface area contributed by atoms with Crippen molar-refractivity contribution in [1.29, 1.82) is 0 Å². The van der Waals surface area contributed by atoms with Crippen LogP contribution in [0.25, 0.3) is 0 Å². The van der Waals surface area contributed by atoms with Crippen LogP contribution >= 0.6 is 0 Å². The van der Waals surface area contributed by atoms with E-state index in [9.17, 15) is 14.0 Å². The van der Waals surface area contributed by atoms with Crippen molar-refractivity contribution in [2.45, 2.75) is 26.5 Å². The van der Waals surface area contributed by atoms with E-state index in [2.05, 4.69) is 15.6 Å². The van der Waals surface area contributed by atoms with Gasteiger partial charge in [-0.25, -0.2) is 19.0 Å². The van der Waals surface area contributed by atoms with E-state index in [0.717, 1.165) is 5.56 Å². The van der Waals surface area contributed by atoms with Crippen LogP contribution in [0.2, 0.25) is 0 Å². The van der Waals surface area contributed by atoms with Crippen LogP contribution in [0.3, 0.4) is 0 Å². The molecule has 1 heterocycles. The molecule has 2 rings (SSSR count). The predicted octanol–water partition coefficient (Wildman–Crippen LogP) is 2.44. The van der Waals surface area contributed by atoms with E-state index in [-0.39, 0.29) is 18.2 Å². The number of pyridine rings is 1. The van der Waals surface area contributed by atoms with Crippen LogP contribution in [0, 0.1) is 5.82 Å². The minimum Gasteiger partial charge on any atom is -0.479 e. The highest BCUT2D eigenvalue weighted by molar-refractivity contribution is 5.88. The number of halogens is 1. The second-order valence-electron chi connectivity index (χ2n) is 5.47. The second kappa shape index (κ2) is 11.3. The Bertz CT molecular complexity index is 784. The summed E-state index contributed by atoms with van der Waals surface area (Å²) in [5.41, 5.74) is 7.08. The molecule has 0 saturated heterocycles. The number of hydrogen-bond acceptors (Lipinski definition) is 7. The van der Waals surface area contributed by atoms with Gasteiger partial charge >= 0.3 is 12.1 Å². The number of nitrogens with two attached hydrogens (primary N) is 1. The molecule has 0 aliphatic heterocycles. The Morgan fingerprint density at radius 2 is 1.86 bits per heavy atom. The third kappa shape index (κ3) is 8.32. The maximum Gasteiger partial charge on any atom is 0.411 e. The van der Waals surface area contributed by atoms with Crippen LogP contribution in [0.1, 0.15) is 19.4 Å². The minimum absolute atomic E-state index is 0.178. The van der Waals surface area contributed by atoms with Gasteiger partial charge in [-0.05, 0) is 43.7 Å². The van der Waals surface area contributed by atoms with Gasteiger partial charge in [-0.1, -0.05) is 12.1 Å². The number of aromatic nitrogens is 1. The molecule has 1 amide bonds. The fourth-order valence-electron chi connectivity index (χ4n) is 1.75. The van der Waals surface area contributed by atoms with Gasteiger partial charge in [0.25, 0.3) is 0 Å². The van der Waals surface area contributed by atoms with Crippen molar-refractivity contribution in [2.24, 2.45) is 0 Å². The van der Waals surface area contributed by atoms with Gasteiger partial charge in [-0.3, -0.25) is 5.32 Å². The lowest BCUT2D eigenvalue weighted by atomic mass is 10.2. The number of amides is 1. The average Bonchev–Trinajstić information content (AvgIpc) is 2.64. The number of aliphatic hydroxyl groups excluding tert-OH is 1. The first kappa shape index (κ1) is 22.6. The number of hydrogen-bond donors (Lipinski definition) is 5. The monoisotopic (exact) mass is 394 g/mol. The number of nitrogens with zero attached hydrogens (tertiary/aromatic N) is 1. The Morgan fingerprint density at radius 3 is 2.36 bits per heavy atom. The smallest absolute Gasteiger partial charge is 0.411 e. The number of benzene rings is 1. The van der Waals surface area contributed by atoms with Gasteiger partial charge in [0.2, 0.25) is 0 Å². The first-order valence-corrected chi connectivity index (χ1v) is 8.32. The zero-order chi connectivity index (χ0) is 21.1. The van der Waals surface area contributed by atoms with Gasteiger partial charge < -0.3 is 26.0 Å². The normalized spacial score (nSPS) is 10.9. The summed E-state index contributed by atoms with van der Waals surface area (Å²) >= 11 is 0. The number of carbonyl (C=O) groups excluding carboxylic acids is 1. The van der Waals surface area contributed by atoms with E-state index in [1.165, 1.54) is 19.1 Å². The van der Waals surface area contributed by atoms with Crippen molar-refractivity contribution >= 4 is 29.4 Å². The summed E-state index contributed by atoms with van der Waals surface area (Å²) in [6, 6.07) is 9.47. The largest absolute Gasteiger partial charge is 0.479 e. The molecular formula is C18H23FN4O5. The predicted molar refractivity (Wildman–Crippen MR) is 102 cm³/mol. The molecule has 2 aromatic rings. The number of rotatable bonds is 6. The summed E-state index contributed by atoms with van der Waals surface area (Å²) in [7, 11) is 0. The maximum atomic E-state index is 12.8. The Kier molecular flexibility index (Phi) is 9.17. The van der Waals surface area contributed by atoms with E-state index >= 15 is 0 Å². The molecule has 0 radical (unpaired) electrons. The number of ether oxygens (including phenoxy) is 1. The molecule has 0 spiro atoms. The lowest BCUT2D eigenvalue weighted by Gasteiger charge is -2.10. The molecular weight excluding hydrogens is 371 g/mol. The zero-order valence-corrected chi connectivity index (χ0v) is 15.5. The van der Waals surface area contributed by atoms with E-state index in [1.54, 1.807) is 31.2 Å². The van der Waals surface area contributed by atoms with Gasteiger partial charge in [0.05, 0.1) is 12.3 Å². The molecule has 0 saturated carbocycles. The van der Waals surface area contributed by atoms with Crippen molar-refractivity contribution < 1.29 is 28.9 Å². The first-order valence-electron chi connectivity index (χ1n) is 8.32. The van der Waals surface area contributed by atoms with Crippen LogP contribution in [-0.4, -0.2) is 40.0 Å². The summed E-state index contributed by atoms with van der Waals surface area (Å²) in [5.74, 6) is -0.732. The molecule has 152 valence electrons. The third-order valence-electron chi connectivity index (χ3n) is 3.18. The van der Waals surface area contributed by atoms with Gasteiger partial charge in [0.1, 0.15) is 23.6 Å². The van der Waals surface area contributed by atoms with E-state index in [0.29, 0.717) is 18.1 Å². The van der Waals surface area contributed by atoms with Crippen molar-refractivity contribution in [2.75, 3.05) is 23.0 Å². The van der Waals surface area contributed by atoms with Crippen LogP contribution in [0.15, 0.2) is 36.4 Å². The van der Waals surface area contributed by atoms with Crippen molar-refractivity contribution in [3.05, 3.63) is 47.8 Å². The van der Waals surface area contributed by atoms with E-state index in [1.807, 2.05) is 0 Å². The van der Waals surface area contributed by atoms with Gasteiger partial charge in [-0.2, -0.15) is 0 Å². The Balaban J connectivity index is 0.000000568. The molecule has 1 atom stereocenters. The third-order valence-corrected chi connectivity index (χ3v) is 3.18. The summed E-state index contributed by atoms with van der Waals surface area (Å²) < 4.78 is 17.6. The standard InChI is InChI=1S/C15H17FN4O2.C3H6O3/c1-2-22-15(21)19-12-7-8-13(20-14(12)17)18-9-10-3-5-11(16)6-4-10;1-2(4)3(5)6/h3-8H,2,9H2,1H3,(H,19,21)(H3,17,18,20);2,4H,1H3,(H,5,6). The highest BCUT2D eigenvalue weighted by Gasteiger charge is 2.07. The van der Waals surface area contributed by atoms with Gasteiger partial charge in [0, 0.05) is 6.54 Å². The molecule has 28 heavy (non-hydrogen) atoms. The van der Waals surface area contributed by atoms with Gasteiger partial charge in [-0.15, -0.1) is 0 Å². The number of carbonyl (C=O) groups is 2. The van der Waals surface area contributed by atoms with Crippen LogP contribution in [-0.2, 0) is 16.1 Å². The number of anilines is 3. The number of aliphatic hydroxyl groups is 1. The Hall–Kier alpha value is -3.40. The first-order chi connectivity index (χ1) is 13.2. The molecule has 1 aromatic heterocycles. The molecule has 1 aromatic carbocycles. The summed E-state index contributed by atoms with van der Waals surface area (Å²) in [4.78, 5) is 24.9. The molecule has 9 nitrogen and oxygen atoms in total. The van der Waals surface area contributed by atoms with Gasteiger partial charge in [0.15, 0.2) is 0 Å². The second-order valence-corrected chi connectivity index (χ2v) is 5.47. The Labute approximate surface area is 161 Å². The summed E-state index contributed by atoms with van der Waals surface area (Å²) in [6.07, 6.45) is -1.81. The Morgan fingerprint density at radius 1 is 1.25 bits per heavy atom. The summed E-state index contributed by atoms with van der Waals surface area (Å²) in [5, 5.41) is 21.3. The number of carboxylic acid groups (broad SMARTS) is 1. The fourth-order valence-corrected chi connectivity index (χ4v) is 1.75. The lowest BCUT2D eigenvalue weighted by Crippen LogP contribution is -2.15. The highest BCUT2D eigenvalue weighted by atomic mass is 19.1. The molecule has 0 bridgehead atoms. The van der Waals surface area contributed by atoms with E-state index in [4.69, 9.17) is 20.7 Å². The zero-order valence-electron chi connectivity index (χ0n) is 15.5. The van der Waals surface area contributed by atoms with Crippen molar-refractivity contribution in [1.82, 2.24) is 4.98 Å². The van der Waals surface area contributed by atoms with Crippen LogP contribution in [0.5, 0.6) is 0 Å².